The summed E-state index contributed by atoms with van der Waals surface area (Å²) in [5, 5.41) is 4.20. The number of rotatable bonds is 3. The van der Waals surface area contributed by atoms with Gasteiger partial charge in [-0.3, -0.25) is 4.79 Å². The topological polar surface area (TPSA) is 34.9 Å². The van der Waals surface area contributed by atoms with Crippen LogP contribution in [-0.4, -0.2) is 9.78 Å². The molecular weight excluding hydrogens is 351 g/mol. The third-order valence-corrected chi connectivity index (χ3v) is 4.26. The van der Waals surface area contributed by atoms with Crippen LogP contribution in [0.3, 0.4) is 0 Å². The van der Waals surface area contributed by atoms with Crippen molar-refractivity contribution in [2.75, 3.05) is 0 Å². The van der Waals surface area contributed by atoms with Crippen molar-refractivity contribution in [3.8, 4) is 5.69 Å². The monoisotopic (exact) mass is 366 g/mol. The highest BCUT2D eigenvalue weighted by atomic mass is 127. The number of aromatic nitrogens is 2. The molecule has 3 rings (SSSR count). The molecule has 0 N–H and O–H groups in total. The van der Waals surface area contributed by atoms with Crippen molar-refractivity contribution in [3.05, 3.63) is 56.0 Å². The van der Waals surface area contributed by atoms with Gasteiger partial charge in [0.05, 0.1) is 11.9 Å². The van der Waals surface area contributed by atoms with Crippen LogP contribution in [0.4, 0.5) is 0 Å². The van der Waals surface area contributed by atoms with Gasteiger partial charge in [0.25, 0.3) is 5.56 Å². The average molecular weight is 366 g/mol. The summed E-state index contributed by atoms with van der Waals surface area (Å²) >= 11 is 2.10. The predicted molar refractivity (Wildman–Crippen MR) is 83.6 cm³/mol. The summed E-state index contributed by atoms with van der Waals surface area (Å²) in [6.07, 6.45) is 6.87. The van der Waals surface area contributed by atoms with E-state index in [1.165, 1.54) is 29.5 Å². The third kappa shape index (κ3) is 2.88. The van der Waals surface area contributed by atoms with E-state index in [4.69, 9.17) is 0 Å². The Bertz CT molecular complexity index is 647. The zero-order valence-electron chi connectivity index (χ0n) is 10.6. The molecule has 0 bridgehead atoms. The second-order valence-electron chi connectivity index (χ2n) is 5.09. The fourth-order valence-electron chi connectivity index (χ4n) is 2.43. The molecule has 0 aliphatic heterocycles. The maximum absolute atomic E-state index is 11.9. The zero-order chi connectivity index (χ0) is 13.2. The Labute approximate surface area is 125 Å². The summed E-state index contributed by atoms with van der Waals surface area (Å²) in [5.74, 6) is 0.830. The number of hydrogen-bond acceptors (Lipinski definition) is 2. The largest absolute Gasteiger partial charge is 0.272 e. The van der Waals surface area contributed by atoms with E-state index in [-0.39, 0.29) is 5.56 Å². The van der Waals surface area contributed by atoms with Gasteiger partial charge in [0.2, 0.25) is 0 Å². The van der Waals surface area contributed by atoms with Gasteiger partial charge in [-0.1, -0.05) is 31.4 Å². The first-order chi connectivity index (χ1) is 9.22. The van der Waals surface area contributed by atoms with Gasteiger partial charge in [0.1, 0.15) is 0 Å². The molecule has 1 aliphatic rings. The number of nitrogens with zero attached hydrogens (tertiary/aromatic N) is 2. The zero-order valence-corrected chi connectivity index (χ0v) is 12.7. The SMILES string of the molecule is O=c1cc(I)cnn1-c1cccc(CC2CCC2)c1. The molecular formula is C15H15IN2O. The van der Waals surface area contributed by atoms with E-state index >= 15 is 0 Å². The molecule has 1 aromatic heterocycles. The minimum atomic E-state index is -0.0762. The molecule has 0 atom stereocenters. The first kappa shape index (κ1) is 12.8. The molecule has 1 heterocycles. The van der Waals surface area contributed by atoms with E-state index in [1.54, 1.807) is 12.3 Å². The van der Waals surface area contributed by atoms with Crippen LogP contribution in [0.2, 0.25) is 0 Å². The molecule has 1 aromatic carbocycles. The standard InChI is InChI=1S/C15H15IN2O/c16-13-9-15(19)18(17-10-13)14-6-2-5-12(8-14)7-11-3-1-4-11/h2,5-6,8-11H,1,3-4,7H2. The van der Waals surface area contributed by atoms with Crippen molar-refractivity contribution in [2.45, 2.75) is 25.7 Å². The van der Waals surface area contributed by atoms with E-state index in [9.17, 15) is 4.79 Å². The van der Waals surface area contributed by atoms with Gasteiger partial charge in [0.15, 0.2) is 0 Å². The summed E-state index contributed by atoms with van der Waals surface area (Å²) in [6.45, 7) is 0. The lowest BCUT2D eigenvalue weighted by Gasteiger charge is -2.25. The van der Waals surface area contributed by atoms with Crippen LogP contribution in [0.1, 0.15) is 24.8 Å². The van der Waals surface area contributed by atoms with Crippen molar-refractivity contribution in [2.24, 2.45) is 5.92 Å². The minimum absolute atomic E-state index is 0.0762. The highest BCUT2D eigenvalue weighted by Crippen LogP contribution is 2.29. The van der Waals surface area contributed by atoms with Gasteiger partial charge >= 0.3 is 0 Å². The Morgan fingerprint density at radius 3 is 2.84 bits per heavy atom. The van der Waals surface area contributed by atoms with Crippen molar-refractivity contribution in [3.63, 3.8) is 0 Å². The second-order valence-corrected chi connectivity index (χ2v) is 6.34. The van der Waals surface area contributed by atoms with Crippen LogP contribution in [0.15, 0.2) is 41.3 Å². The Hall–Kier alpha value is -1.17. The molecule has 2 aromatic rings. The van der Waals surface area contributed by atoms with Gasteiger partial charge in [-0.25, -0.2) is 0 Å². The molecule has 0 spiro atoms. The molecule has 0 unspecified atom stereocenters. The summed E-state index contributed by atoms with van der Waals surface area (Å²) in [5.41, 5.74) is 2.08. The smallest absolute Gasteiger partial charge is 0.267 e. The summed E-state index contributed by atoms with van der Waals surface area (Å²) in [7, 11) is 0. The number of benzene rings is 1. The van der Waals surface area contributed by atoms with Crippen molar-refractivity contribution >= 4 is 22.6 Å². The highest BCUT2D eigenvalue weighted by molar-refractivity contribution is 14.1. The molecule has 0 radical (unpaired) electrons. The molecule has 98 valence electrons. The molecule has 0 saturated heterocycles. The van der Waals surface area contributed by atoms with E-state index in [1.807, 2.05) is 12.1 Å². The van der Waals surface area contributed by atoms with E-state index in [0.29, 0.717) is 0 Å². The quantitative estimate of drug-likeness (QED) is 0.783. The Balaban J connectivity index is 1.91. The lowest BCUT2D eigenvalue weighted by atomic mass is 9.81. The first-order valence-corrected chi connectivity index (χ1v) is 7.64. The van der Waals surface area contributed by atoms with Crippen LogP contribution in [0.5, 0.6) is 0 Å². The fraction of sp³-hybridized carbons (Fsp3) is 0.333. The van der Waals surface area contributed by atoms with Crippen molar-refractivity contribution in [1.82, 2.24) is 9.78 Å². The number of halogens is 1. The van der Waals surface area contributed by atoms with E-state index in [0.717, 1.165) is 21.6 Å². The fourth-order valence-corrected chi connectivity index (χ4v) is 2.82. The lowest BCUT2D eigenvalue weighted by molar-refractivity contribution is 0.314. The Morgan fingerprint density at radius 1 is 1.32 bits per heavy atom. The Morgan fingerprint density at radius 2 is 2.16 bits per heavy atom. The van der Waals surface area contributed by atoms with E-state index < -0.39 is 0 Å². The van der Waals surface area contributed by atoms with Crippen molar-refractivity contribution < 1.29 is 0 Å². The first-order valence-electron chi connectivity index (χ1n) is 6.56. The van der Waals surface area contributed by atoms with E-state index in [2.05, 4.69) is 39.8 Å². The normalized spacial score (nSPS) is 15.2. The minimum Gasteiger partial charge on any atom is -0.267 e. The molecule has 1 saturated carbocycles. The lowest BCUT2D eigenvalue weighted by Crippen LogP contribution is -2.20. The molecule has 0 amide bonds. The van der Waals surface area contributed by atoms with Gasteiger partial charge in [-0.05, 0) is 52.6 Å². The molecule has 1 fully saturated rings. The summed E-state index contributed by atoms with van der Waals surface area (Å²) in [6, 6.07) is 9.77. The van der Waals surface area contributed by atoms with Crippen LogP contribution in [-0.2, 0) is 6.42 Å². The van der Waals surface area contributed by atoms with Crippen LogP contribution in [0, 0.1) is 9.49 Å². The Kier molecular flexibility index (Phi) is 3.68. The van der Waals surface area contributed by atoms with Gasteiger partial charge < -0.3 is 0 Å². The predicted octanol–water partition coefficient (Wildman–Crippen LogP) is 3.18. The van der Waals surface area contributed by atoms with Gasteiger partial charge in [0, 0.05) is 9.64 Å². The van der Waals surface area contributed by atoms with Crippen LogP contribution < -0.4 is 5.56 Å². The number of hydrogen-bond donors (Lipinski definition) is 0. The van der Waals surface area contributed by atoms with Gasteiger partial charge in [-0.15, -0.1) is 0 Å². The molecule has 1 aliphatic carbocycles. The maximum Gasteiger partial charge on any atom is 0.272 e. The second kappa shape index (κ2) is 5.45. The summed E-state index contributed by atoms with van der Waals surface area (Å²) in [4.78, 5) is 11.9. The van der Waals surface area contributed by atoms with Crippen molar-refractivity contribution in [1.29, 1.82) is 0 Å². The molecule has 19 heavy (non-hydrogen) atoms. The average Bonchev–Trinajstić information content (AvgIpc) is 2.34. The van der Waals surface area contributed by atoms with Crippen LogP contribution in [0.25, 0.3) is 5.69 Å². The van der Waals surface area contributed by atoms with Gasteiger partial charge in [-0.2, -0.15) is 9.78 Å². The third-order valence-electron chi connectivity index (χ3n) is 3.67. The summed E-state index contributed by atoms with van der Waals surface area (Å²) < 4.78 is 2.33. The maximum atomic E-state index is 11.9. The van der Waals surface area contributed by atoms with Crippen LogP contribution >= 0.6 is 22.6 Å². The molecule has 3 nitrogen and oxygen atoms in total. The molecule has 4 heteroatoms. The highest BCUT2D eigenvalue weighted by Gasteiger charge is 2.17.